The van der Waals surface area contributed by atoms with Gasteiger partial charge in [-0.05, 0) is 36.2 Å². The van der Waals surface area contributed by atoms with Crippen LogP contribution in [0.3, 0.4) is 0 Å². The summed E-state index contributed by atoms with van der Waals surface area (Å²) < 4.78 is 7.27. The van der Waals surface area contributed by atoms with Crippen molar-refractivity contribution in [1.29, 1.82) is 0 Å². The predicted octanol–water partition coefficient (Wildman–Crippen LogP) is 3.17. The highest BCUT2D eigenvalue weighted by Crippen LogP contribution is 2.18. The van der Waals surface area contributed by atoms with Gasteiger partial charge in [-0.1, -0.05) is 25.1 Å². The third-order valence-corrected chi connectivity index (χ3v) is 3.49. The molecule has 5 nitrogen and oxygen atoms in total. The molecule has 22 heavy (non-hydrogen) atoms. The number of carbonyl (C=O) groups is 1. The van der Waals surface area contributed by atoms with E-state index in [2.05, 4.69) is 11.9 Å². The second kappa shape index (κ2) is 5.89. The molecule has 0 saturated carbocycles. The van der Waals surface area contributed by atoms with Gasteiger partial charge in [-0.3, -0.25) is 4.40 Å². The van der Waals surface area contributed by atoms with E-state index in [0.717, 1.165) is 6.42 Å². The minimum atomic E-state index is -1.01. The molecule has 0 aliphatic rings. The second-order valence-corrected chi connectivity index (χ2v) is 4.93. The minimum absolute atomic E-state index is 0.122. The van der Waals surface area contributed by atoms with Crippen LogP contribution in [-0.2, 0) is 13.0 Å². The molecule has 0 aliphatic heterocycles. The molecule has 2 aromatic heterocycles. The van der Waals surface area contributed by atoms with E-state index in [9.17, 15) is 9.90 Å². The van der Waals surface area contributed by atoms with Gasteiger partial charge in [0.2, 0.25) is 0 Å². The first-order chi connectivity index (χ1) is 10.7. The van der Waals surface area contributed by atoms with E-state index in [1.807, 2.05) is 30.3 Å². The zero-order valence-electron chi connectivity index (χ0n) is 12.2. The lowest BCUT2D eigenvalue weighted by molar-refractivity contribution is 0.0686. The number of aryl methyl sites for hydroxylation is 1. The molecule has 0 unspecified atom stereocenters. The largest absolute Gasteiger partial charge is 0.487 e. The van der Waals surface area contributed by atoms with E-state index in [1.165, 1.54) is 5.56 Å². The maximum atomic E-state index is 11.5. The van der Waals surface area contributed by atoms with Crippen LogP contribution < -0.4 is 4.74 Å². The number of carboxylic acids is 1. The molecule has 0 spiro atoms. The molecular formula is C17H16N2O3. The number of carboxylic acid groups (broad SMARTS) is 1. The molecule has 2 heterocycles. The van der Waals surface area contributed by atoms with Crippen LogP contribution >= 0.6 is 0 Å². The van der Waals surface area contributed by atoms with Gasteiger partial charge in [0, 0.05) is 6.20 Å². The topological polar surface area (TPSA) is 63.8 Å². The molecule has 0 amide bonds. The van der Waals surface area contributed by atoms with Crippen molar-refractivity contribution in [3.8, 4) is 5.75 Å². The van der Waals surface area contributed by atoms with Crippen molar-refractivity contribution in [3.05, 3.63) is 65.6 Å². The van der Waals surface area contributed by atoms with Crippen molar-refractivity contribution in [2.75, 3.05) is 0 Å². The number of rotatable bonds is 5. The summed E-state index contributed by atoms with van der Waals surface area (Å²) in [6, 6.07) is 13.1. The number of aromatic carboxylic acids is 1. The lowest BCUT2D eigenvalue weighted by Crippen LogP contribution is -2.07. The predicted molar refractivity (Wildman–Crippen MR) is 82.3 cm³/mol. The zero-order valence-corrected chi connectivity index (χ0v) is 12.2. The fourth-order valence-electron chi connectivity index (χ4n) is 2.38. The smallest absolute Gasteiger partial charge is 0.354 e. The summed E-state index contributed by atoms with van der Waals surface area (Å²) in [6.07, 6.45) is 2.61. The molecular weight excluding hydrogens is 280 g/mol. The van der Waals surface area contributed by atoms with Crippen molar-refractivity contribution >= 4 is 11.6 Å². The summed E-state index contributed by atoms with van der Waals surface area (Å²) in [4.78, 5) is 15.8. The number of benzene rings is 1. The maximum absolute atomic E-state index is 11.5. The van der Waals surface area contributed by atoms with Gasteiger partial charge in [-0.15, -0.1) is 0 Å². The monoisotopic (exact) mass is 296 g/mol. The molecule has 0 saturated heterocycles. The highest BCUT2D eigenvalue weighted by Gasteiger charge is 2.18. The molecule has 112 valence electrons. The summed E-state index contributed by atoms with van der Waals surface area (Å²) in [5, 5.41) is 9.42. The molecule has 3 aromatic rings. The Labute approximate surface area is 127 Å². The Bertz CT molecular complexity index is 824. The number of aromatic nitrogens is 2. The number of imidazole rings is 1. The van der Waals surface area contributed by atoms with Crippen molar-refractivity contribution in [3.63, 3.8) is 0 Å². The van der Waals surface area contributed by atoms with Crippen LogP contribution in [0.1, 0.15) is 28.7 Å². The molecule has 1 N–H and O–H groups in total. The number of pyridine rings is 1. The van der Waals surface area contributed by atoms with Crippen LogP contribution in [0.4, 0.5) is 0 Å². The minimum Gasteiger partial charge on any atom is -0.487 e. The van der Waals surface area contributed by atoms with Crippen molar-refractivity contribution < 1.29 is 14.6 Å². The number of ether oxygens (including phenoxy) is 1. The average molecular weight is 296 g/mol. The van der Waals surface area contributed by atoms with Crippen molar-refractivity contribution in [1.82, 2.24) is 9.38 Å². The Kier molecular flexibility index (Phi) is 3.78. The Hall–Kier alpha value is -2.82. The van der Waals surface area contributed by atoms with Gasteiger partial charge in [-0.25, -0.2) is 9.78 Å². The number of nitrogens with zero attached hydrogens (tertiary/aromatic N) is 2. The fourth-order valence-corrected chi connectivity index (χ4v) is 2.38. The Balaban J connectivity index is 1.90. The third-order valence-electron chi connectivity index (χ3n) is 3.49. The zero-order chi connectivity index (χ0) is 15.5. The van der Waals surface area contributed by atoms with Gasteiger partial charge in [-0.2, -0.15) is 0 Å². The first kappa shape index (κ1) is 14.1. The first-order valence-electron chi connectivity index (χ1n) is 7.10. The van der Waals surface area contributed by atoms with Crippen LogP contribution in [0.2, 0.25) is 0 Å². The standard InChI is InChI=1S/C17H16N2O3/c1-2-12-6-5-7-13(10-12)22-11-14-16(17(20)21)19-9-4-3-8-15(19)18-14/h3-10H,2,11H2,1H3,(H,20,21). The van der Waals surface area contributed by atoms with E-state index in [-0.39, 0.29) is 12.3 Å². The highest BCUT2D eigenvalue weighted by molar-refractivity contribution is 5.88. The summed E-state index contributed by atoms with van der Waals surface area (Å²) in [7, 11) is 0. The van der Waals surface area contributed by atoms with E-state index < -0.39 is 5.97 Å². The van der Waals surface area contributed by atoms with E-state index in [0.29, 0.717) is 17.1 Å². The van der Waals surface area contributed by atoms with Gasteiger partial charge in [0.15, 0.2) is 5.69 Å². The number of hydrogen-bond acceptors (Lipinski definition) is 3. The number of hydrogen-bond donors (Lipinski definition) is 1. The van der Waals surface area contributed by atoms with Gasteiger partial charge in [0.05, 0.1) is 0 Å². The molecule has 1 aromatic carbocycles. The quantitative estimate of drug-likeness (QED) is 0.785. The second-order valence-electron chi connectivity index (χ2n) is 4.93. The summed E-state index contributed by atoms with van der Waals surface area (Å²) in [6.45, 7) is 2.19. The molecule has 0 radical (unpaired) electrons. The Morgan fingerprint density at radius 3 is 2.91 bits per heavy atom. The molecule has 0 bridgehead atoms. The van der Waals surface area contributed by atoms with Gasteiger partial charge in [0.1, 0.15) is 23.7 Å². The summed E-state index contributed by atoms with van der Waals surface area (Å²) in [5.74, 6) is -0.299. The normalized spacial score (nSPS) is 10.8. The molecule has 0 atom stereocenters. The van der Waals surface area contributed by atoms with Crippen LogP contribution in [-0.4, -0.2) is 20.5 Å². The third kappa shape index (κ3) is 2.65. The van der Waals surface area contributed by atoms with Gasteiger partial charge in [0.25, 0.3) is 0 Å². The van der Waals surface area contributed by atoms with E-state index in [4.69, 9.17) is 4.74 Å². The van der Waals surface area contributed by atoms with Gasteiger partial charge >= 0.3 is 5.97 Å². The van der Waals surface area contributed by atoms with Crippen LogP contribution in [0, 0.1) is 0 Å². The van der Waals surface area contributed by atoms with Crippen molar-refractivity contribution in [2.45, 2.75) is 20.0 Å². The Morgan fingerprint density at radius 1 is 1.27 bits per heavy atom. The highest BCUT2D eigenvalue weighted by atomic mass is 16.5. The summed E-state index contributed by atoms with van der Waals surface area (Å²) >= 11 is 0. The van der Waals surface area contributed by atoms with Crippen LogP contribution in [0.15, 0.2) is 48.7 Å². The molecule has 5 heteroatoms. The van der Waals surface area contributed by atoms with E-state index in [1.54, 1.807) is 22.7 Å². The van der Waals surface area contributed by atoms with Gasteiger partial charge < -0.3 is 9.84 Å². The van der Waals surface area contributed by atoms with Crippen LogP contribution in [0.5, 0.6) is 5.75 Å². The number of fused-ring (bicyclic) bond motifs is 1. The average Bonchev–Trinajstić information content (AvgIpc) is 2.91. The van der Waals surface area contributed by atoms with Crippen molar-refractivity contribution in [2.24, 2.45) is 0 Å². The molecule has 0 aliphatic carbocycles. The lowest BCUT2D eigenvalue weighted by atomic mass is 10.2. The summed E-state index contributed by atoms with van der Waals surface area (Å²) in [5.41, 5.74) is 2.33. The molecule has 3 rings (SSSR count). The van der Waals surface area contributed by atoms with Crippen LogP contribution in [0.25, 0.3) is 5.65 Å². The first-order valence-corrected chi connectivity index (χ1v) is 7.10. The maximum Gasteiger partial charge on any atom is 0.354 e. The lowest BCUT2D eigenvalue weighted by Gasteiger charge is -2.06. The SMILES string of the molecule is CCc1cccc(OCc2nc3ccccn3c2C(=O)O)c1. The van der Waals surface area contributed by atoms with E-state index >= 15 is 0 Å². The fraction of sp³-hybridized carbons (Fsp3) is 0.176. The molecule has 0 fully saturated rings. The Morgan fingerprint density at radius 2 is 2.14 bits per heavy atom.